The lowest BCUT2D eigenvalue weighted by Gasteiger charge is -2.30. The number of carbonyl (C=O) groups excluding carboxylic acids is 1. The summed E-state index contributed by atoms with van der Waals surface area (Å²) < 4.78 is 34.0. The van der Waals surface area contributed by atoms with Crippen LogP contribution in [0.15, 0.2) is 101 Å². The number of hydrogen-bond acceptors (Lipinski definition) is 6. The van der Waals surface area contributed by atoms with Crippen molar-refractivity contribution >= 4 is 15.8 Å². The molecule has 0 saturated heterocycles. The molecule has 2 N–H and O–H groups in total. The molecule has 1 aliphatic rings. The fourth-order valence-corrected chi connectivity index (χ4v) is 5.69. The minimum Gasteiger partial charge on any atom is -0.497 e. The van der Waals surface area contributed by atoms with Crippen LogP contribution in [0.5, 0.6) is 5.75 Å². The van der Waals surface area contributed by atoms with Crippen LogP contribution in [0.25, 0.3) is 0 Å². The van der Waals surface area contributed by atoms with Gasteiger partial charge >= 0.3 is 0 Å². The van der Waals surface area contributed by atoms with Gasteiger partial charge in [0.25, 0.3) is 0 Å². The fourth-order valence-electron chi connectivity index (χ4n) is 3.95. The van der Waals surface area contributed by atoms with Crippen LogP contribution < -0.4 is 10.5 Å². The summed E-state index contributed by atoms with van der Waals surface area (Å²) in [4.78, 5) is 13.5. The smallest absolute Gasteiger partial charge is 0.245 e. The number of carbonyl (C=O) groups is 1. The Morgan fingerprint density at radius 3 is 2.09 bits per heavy atom. The van der Waals surface area contributed by atoms with Gasteiger partial charge in [0, 0.05) is 5.56 Å². The second-order valence-corrected chi connectivity index (χ2v) is 9.28. The molecule has 7 nitrogen and oxygen atoms in total. The van der Waals surface area contributed by atoms with Crippen molar-refractivity contribution in [3.8, 4) is 11.8 Å². The maximum atomic E-state index is 13.9. The van der Waals surface area contributed by atoms with Crippen LogP contribution in [-0.4, -0.2) is 31.7 Å². The zero-order valence-electron chi connectivity index (χ0n) is 17.8. The molecule has 8 heteroatoms. The zero-order chi connectivity index (χ0) is 23.6. The first kappa shape index (κ1) is 22.3. The van der Waals surface area contributed by atoms with Crippen molar-refractivity contribution < 1.29 is 17.9 Å². The third kappa shape index (κ3) is 3.89. The van der Waals surface area contributed by atoms with E-state index in [-0.39, 0.29) is 16.2 Å². The van der Waals surface area contributed by atoms with Gasteiger partial charge in [-0.05, 0) is 29.8 Å². The number of nitrogens with two attached hydrogens (primary N) is 1. The maximum Gasteiger partial charge on any atom is 0.245 e. The molecule has 3 aromatic rings. The first-order valence-electron chi connectivity index (χ1n) is 10.1. The largest absolute Gasteiger partial charge is 0.497 e. The molecule has 2 atom stereocenters. The minimum absolute atomic E-state index is 0.00126. The van der Waals surface area contributed by atoms with E-state index in [1.807, 2.05) is 6.07 Å². The van der Waals surface area contributed by atoms with Gasteiger partial charge in [-0.2, -0.15) is 9.57 Å². The monoisotopic (exact) mass is 459 g/mol. The van der Waals surface area contributed by atoms with E-state index in [9.17, 15) is 18.5 Å². The lowest BCUT2D eigenvalue weighted by molar-refractivity contribution is 0.0918. The Hall–Kier alpha value is -3.93. The second kappa shape index (κ2) is 8.90. The molecule has 0 amide bonds. The standard InChI is InChI=1S/C25H21N3O4S/c1-32-19-14-12-17(13-15-19)23-21(16-26)22(27)24(25(29)18-8-4-2-5-9-18)28(23)33(30,31)20-10-6-3-7-11-20/h2-15,23-24H,27H2,1H3/t23-,24-/m1/s1. The highest BCUT2D eigenvalue weighted by Crippen LogP contribution is 2.44. The predicted molar refractivity (Wildman–Crippen MR) is 123 cm³/mol. The molecule has 0 radical (unpaired) electrons. The molecular formula is C25H21N3O4S. The van der Waals surface area contributed by atoms with Crippen LogP contribution in [0, 0.1) is 11.3 Å². The summed E-state index contributed by atoms with van der Waals surface area (Å²) in [7, 11) is -2.70. The van der Waals surface area contributed by atoms with Gasteiger partial charge in [-0.15, -0.1) is 0 Å². The quantitative estimate of drug-likeness (QED) is 0.565. The first-order chi connectivity index (χ1) is 15.9. The van der Waals surface area contributed by atoms with E-state index in [4.69, 9.17) is 10.5 Å². The van der Waals surface area contributed by atoms with Gasteiger partial charge in [-0.1, -0.05) is 60.7 Å². The molecule has 166 valence electrons. The molecule has 0 bridgehead atoms. The number of nitriles is 1. The van der Waals surface area contributed by atoms with Crippen molar-refractivity contribution in [2.75, 3.05) is 7.11 Å². The molecule has 0 spiro atoms. The summed E-state index contributed by atoms with van der Waals surface area (Å²) in [6.45, 7) is 0. The van der Waals surface area contributed by atoms with E-state index in [1.54, 1.807) is 72.8 Å². The molecule has 0 aromatic heterocycles. The van der Waals surface area contributed by atoms with Gasteiger partial charge in [-0.25, -0.2) is 8.42 Å². The van der Waals surface area contributed by atoms with Gasteiger partial charge in [0.2, 0.25) is 10.0 Å². The number of nitrogens with zero attached hydrogens (tertiary/aromatic N) is 2. The molecule has 33 heavy (non-hydrogen) atoms. The van der Waals surface area contributed by atoms with Crippen molar-refractivity contribution in [1.29, 1.82) is 5.26 Å². The number of benzene rings is 3. The SMILES string of the molecule is COc1ccc([C@@H]2C(C#N)=C(N)[C@H](C(=O)c3ccccc3)N2S(=O)(=O)c2ccccc2)cc1. The lowest BCUT2D eigenvalue weighted by atomic mass is 10.00. The lowest BCUT2D eigenvalue weighted by Crippen LogP contribution is -2.45. The zero-order valence-corrected chi connectivity index (χ0v) is 18.6. The van der Waals surface area contributed by atoms with Crippen molar-refractivity contribution in [2.45, 2.75) is 17.0 Å². The summed E-state index contributed by atoms with van der Waals surface area (Å²) in [6.07, 6.45) is 0. The maximum absolute atomic E-state index is 13.9. The Kier molecular flexibility index (Phi) is 6.01. The number of sulfonamides is 1. The van der Waals surface area contributed by atoms with Gasteiger partial charge in [-0.3, -0.25) is 4.79 Å². The van der Waals surface area contributed by atoms with E-state index in [1.165, 1.54) is 19.2 Å². The van der Waals surface area contributed by atoms with Crippen LogP contribution in [0.1, 0.15) is 22.0 Å². The van der Waals surface area contributed by atoms with E-state index >= 15 is 0 Å². The third-order valence-electron chi connectivity index (χ3n) is 5.57. The van der Waals surface area contributed by atoms with Crippen molar-refractivity contribution in [1.82, 2.24) is 4.31 Å². The minimum atomic E-state index is -4.22. The van der Waals surface area contributed by atoms with Crippen LogP contribution in [0.2, 0.25) is 0 Å². The second-order valence-electron chi connectivity index (χ2n) is 7.44. The van der Waals surface area contributed by atoms with Gasteiger partial charge in [0.05, 0.1) is 35.4 Å². The van der Waals surface area contributed by atoms with E-state index in [0.29, 0.717) is 16.9 Å². The Labute approximate surface area is 192 Å². The Balaban J connectivity index is 1.94. The average Bonchev–Trinajstić information content (AvgIpc) is 3.17. The normalized spacial score (nSPS) is 18.7. The van der Waals surface area contributed by atoms with Crippen molar-refractivity contribution in [2.24, 2.45) is 5.73 Å². The summed E-state index contributed by atoms with van der Waals surface area (Å²) in [5.74, 6) is 0.0675. The molecule has 0 saturated carbocycles. The topological polar surface area (TPSA) is 113 Å². The molecular weight excluding hydrogens is 438 g/mol. The van der Waals surface area contributed by atoms with Gasteiger partial charge in [0.15, 0.2) is 5.78 Å². The van der Waals surface area contributed by atoms with Gasteiger partial charge < -0.3 is 10.5 Å². The molecule has 0 unspecified atom stereocenters. The summed E-state index contributed by atoms with van der Waals surface area (Å²) in [6, 6.07) is 22.4. The molecule has 1 aliphatic heterocycles. The highest BCUT2D eigenvalue weighted by atomic mass is 32.2. The Morgan fingerprint density at radius 1 is 0.970 bits per heavy atom. The summed E-state index contributed by atoms with van der Waals surface area (Å²) >= 11 is 0. The number of methoxy groups -OCH3 is 1. The number of ketones is 1. The number of Topliss-reactive ketones (excluding diaryl/α,β-unsaturated/α-hetero) is 1. The average molecular weight is 460 g/mol. The first-order valence-corrected chi connectivity index (χ1v) is 11.6. The van der Waals surface area contributed by atoms with Crippen LogP contribution >= 0.6 is 0 Å². The molecule has 0 aliphatic carbocycles. The van der Waals surface area contributed by atoms with E-state index < -0.39 is 27.9 Å². The molecule has 4 rings (SSSR count). The molecule has 0 fully saturated rings. The van der Waals surface area contributed by atoms with Gasteiger partial charge in [0.1, 0.15) is 11.8 Å². The Bertz CT molecular complexity index is 1350. The molecule has 1 heterocycles. The number of hydrogen-bond donors (Lipinski definition) is 1. The number of rotatable bonds is 6. The van der Waals surface area contributed by atoms with E-state index in [0.717, 1.165) is 4.31 Å². The van der Waals surface area contributed by atoms with Crippen LogP contribution in [0.4, 0.5) is 0 Å². The van der Waals surface area contributed by atoms with E-state index in [2.05, 4.69) is 0 Å². The highest BCUT2D eigenvalue weighted by molar-refractivity contribution is 7.89. The van der Waals surface area contributed by atoms with Crippen molar-refractivity contribution in [3.05, 3.63) is 107 Å². The Morgan fingerprint density at radius 2 is 1.55 bits per heavy atom. The number of ether oxygens (including phenoxy) is 1. The van der Waals surface area contributed by atoms with Crippen LogP contribution in [0.3, 0.4) is 0 Å². The fraction of sp³-hybridized carbons (Fsp3) is 0.120. The predicted octanol–water partition coefficient (Wildman–Crippen LogP) is 3.43. The van der Waals surface area contributed by atoms with Crippen molar-refractivity contribution in [3.63, 3.8) is 0 Å². The third-order valence-corrected chi connectivity index (χ3v) is 7.41. The van der Waals surface area contributed by atoms with Crippen LogP contribution in [-0.2, 0) is 10.0 Å². The molecule has 3 aromatic carbocycles. The highest BCUT2D eigenvalue weighted by Gasteiger charge is 2.50. The summed E-state index contributed by atoms with van der Waals surface area (Å²) in [5, 5.41) is 9.95. The summed E-state index contributed by atoms with van der Waals surface area (Å²) in [5.41, 5.74) is 7.07.